The fourth-order valence-corrected chi connectivity index (χ4v) is 2.26. The van der Waals surface area contributed by atoms with Crippen molar-refractivity contribution in [3.8, 4) is 0 Å². The van der Waals surface area contributed by atoms with Crippen molar-refractivity contribution in [2.24, 2.45) is 11.1 Å². The summed E-state index contributed by atoms with van der Waals surface area (Å²) in [5.41, 5.74) is 6.02. The molecule has 16 heavy (non-hydrogen) atoms. The lowest BCUT2D eigenvalue weighted by atomic mass is 9.88. The Morgan fingerprint density at radius 2 is 2.00 bits per heavy atom. The van der Waals surface area contributed by atoms with Crippen LogP contribution in [0.2, 0.25) is 0 Å². The Kier molecular flexibility index (Phi) is 5.49. The minimum absolute atomic E-state index is 0.00232. The van der Waals surface area contributed by atoms with Gasteiger partial charge in [0.2, 0.25) is 0 Å². The maximum atomic E-state index is 11.8. The number of nitrogens with two attached hydrogens (primary N) is 1. The van der Waals surface area contributed by atoms with Gasteiger partial charge in [0.15, 0.2) is 0 Å². The van der Waals surface area contributed by atoms with Crippen molar-refractivity contribution in [3.63, 3.8) is 0 Å². The fourth-order valence-electron chi connectivity index (χ4n) is 1.27. The van der Waals surface area contributed by atoms with Crippen molar-refractivity contribution in [3.05, 3.63) is 0 Å². The van der Waals surface area contributed by atoms with Crippen molar-refractivity contribution in [1.29, 1.82) is 0 Å². The molecule has 0 aromatic rings. The Hall–Kier alpha value is 0.150. The number of rotatable bonds is 4. The predicted molar refractivity (Wildman–Crippen MR) is 66.0 cm³/mol. The van der Waals surface area contributed by atoms with Gasteiger partial charge in [0.1, 0.15) is 11.5 Å². The van der Waals surface area contributed by atoms with E-state index in [4.69, 9.17) is 10.5 Å². The molecule has 0 aliphatic carbocycles. The Morgan fingerprint density at radius 1 is 1.44 bits per heavy atom. The summed E-state index contributed by atoms with van der Waals surface area (Å²) >= 11 is -1.14. The summed E-state index contributed by atoms with van der Waals surface area (Å²) in [6.07, 6.45) is 0. The largest absolute Gasteiger partial charge is 0.579 e. The highest BCUT2D eigenvalue weighted by Gasteiger charge is 2.26. The van der Waals surface area contributed by atoms with Crippen LogP contribution in [0.5, 0.6) is 0 Å². The molecule has 5 nitrogen and oxygen atoms in total. The third-order valence-corrected chi connectivity index (χ3v) is 3.99. The van der Waals surface area contributed by atoms with Crippen molar-refractivity contribution < 1.29 is 9.29 Å². The Labute approximate surface area is 101 Å². The molecular weight excluding hydrogens is 226 g/mol. The summed E-state index contributed by atoms with van der Waals surface area (Å²) < 4.78 is 21.9. The SMILES string of the molecule is CC(C)(C)[C@@H](N)CN[S+]([O-])N1CCOCC1. The zero-order valence-electron chi connectivity index (χ0n) is 10.4. The van der Waals surface area contributed by atoms with Crippen molar-refractivity contribution in [2.45, 2.75) is 26.8 Å². The zero-order chi connectivity index (χ0) is 12.2. The second kappa shape index (κ2) is 6.18. The molecule has 0 spiro atoms. The number of ether oxygens (including phenoxy) is 1. The van der Waals surface area contributed by atoms with Gasteiger partial charge in [-0.1, -0.05) is 20.8 Å². The van der Waals surface area contributed by atoms with Gasteiger partial charge in [0.05, 0.1) is 32.8 Å². The molecule has 1 rings (SSSR count). The lowest BCUT2D eigenvalue weighted by molar-refractivity contribution is 0.0724. The first-order chi connectivity index (χ1) is 7.41. The second-order valence-corrected chi connectivity index (χ2v) is 6.41. The number of nitrogens with zero attached hydrogens (tertiary/aromatic N) is 1. The first kappa shape index (κ1) is 14.2. The van der Waals surface area contributed by atoms with Crippen LogP contribution in [0.15, 0.2) is 0 Å². The average Bonchev–Trinajstić information content (AvgIpc) is 2.25. The molecule has 1 saturated heterocycles. The highest BCUT2D eigenvalue weighted by atomic mass is 32.2. The fraction of sp³-hybridized carbons (Fsp3) is 1.00. The van der Waals surface area contributed by atoms with Crippen LogP contribution in [0.25, 0.3) is 0 Å². The van der Waals surface area contributed by atoms with E-state index in [0.717, 1.165) is 0 Å². The minimum atomic E-state index is -1.14. The molecule has 0 amide bonds. The van der Waals surface area contributed by atoms with E-state index >= 15 is 0 Å². The number of morpholine rings is 1. The maximum absolute atomic E-state index is 11.8. The molecular formula is C10H23N3O2S. The summed E-state index contributed by atoms with van der Waals surface area (Å²) in [5.74, 6) is 0. The number of hydrogen-bond acceptors (Lipinski definition) is 5. The van der Waals surface area contributed by atoms with E-state index in [9.17, 15) is 4.55 Å². The first-order valence-corrected chi connectivity index (χ1v) is 6.75. The molecule has 1 fully saturated rings. The molecule has 3 N–H and O–H groups in total. The van der Waals surface area contributed by atoms with Crippen LogP contribution in [0.3, 0.4) is 0 Å². The van der Waals surface area contributed by atoms with Gasteiger partial charge >= 0.3 is 0 Å². The molecule has 1 aliphatic heterocycles. The molecule has 0 radical (unpaired) electrons. The van der Waals surface area contributed by atoms with Gasteiger partial charge in [-0.25, -0.2) is 0 Å². The lowest BCUT2D eigenvalue weighted by Gasteiger charge is -2.30. The van der Waals surface area contributed by atoms with Crippen LogP contribution in [0.1, 0.15) is 20.8 Å². The van der Waals surface area contributed by atoms with Crippen molar-refractivity contribution in [2.75, 3.05) is 32.8 Å². The summed E-state index contributed by atoms with van der Waals surface area (Å²) in [6, 6.07) is -0.00232. The summed E-state index contributed by atoms with van der Waals surface area (Å²) in [5, 5.41) is 0. The topological polar surface area (TPSA) is 73.6 Å². The Bertz CT molecular complexity index is 205. The summed E-state index contributed by atoms with van der Waals surface area (Å²) in [6.45, 7) is 9.53. The normalized spacial score (nSPS) is 23.1. The van der Waals surface area contributed by atoms with E-state index in [1.807, 2.05) is 4.31 Å². The van der Waals surface area contributed by atoms with E-state index < -0.39 is 11.5 Å². The molecule has 0 saturated carbocycles. The predicted octanol–water partition coefficient (Wildman–Crippen LogP) is -0.140. The molecule has 0 aromatic heterocycles. The third-order valence-electron chi connectivity index (χ3n) is 2.74. The van der Waals surface area contributed by atoms with Gasteiger partial charge in [-0.05, 0) is 5.41 Å². The van der Waals surface area contributed by atoms with E-state index in [2.05, 4.69) is 25.5 Å². The maximum Gasteiger partial charge on any atom is 0.137 e. The molecule has 1 aliphatic rings. The smallest absolute Gasteiger partial charge is 0.137 e. The van der Waals surface area contributed by atoms with Crippen molar-refractivity contribution in [1.82, 2.24) is 9.03 Å². The van der Waals surface area contributed by atoms with Crippen LogP contribution >= 0.6 is 0 Å². The van der Waals surface area contributed by atoms with Crippen molar-refractivity contribution >= 4 is 11.5 Å². The Morgan fingerprint density at radius 3 is 2.50 bits per heavy atom. The molecule has 2 atom stereocenters. The van der Waals surface area contributed by atoms with Gasteiger partial charge in [-0.2, -0.15) is 0 Å². The van der Waals surface area contributed by atoms with E-state index in [0.29, 0.717) is 32.8 Å². The monoisotopic (exact) mass is 249 g/mol. The van der Waals surface area contributed by atoms with Gasteiger partial charge in [0.25, 0.3) is 0 Å². The molecule has 0 aromatic carbocycles. The quantitative estimate of drug-likeness (QED) is 0.679. The van der Waals surface area contributed by atoms with Crippen LogP contribution in [0, 0.1) is 5.41 Å². The van der Waals surface area contributed by atoms with E-state index in [-0.39, 0.29) is 11.5 Å². The minimum Gasteiger partial charge on any atom is -0.579 e. The Balaban J connectivity index is 2.26. The second-order valence-electron chi connectivity index (χ2n) is 5.11. The zero-order valence-corrected chi connectivity index (χ0v) is 11.2. The highest BCUT2D eigenvalue weighted by Crippen LogP contribution is 2.16. The molecule has 1 unspecified atom stereocenters. The van der Waals surface area contributed by atoms with Crippen LogP contribution < -0.4 is 10.5 Å². The first-order valence-electron chi connectivity index (χ1n) is 5.65. The van der Waals surface area contributed by atoms with Gasteiger partial charge < -0.3 is 15.0 Å². The highest BCUT2D eigenvalue weighted by molar-refractivity contribution is 7.87. The molecule has 0 bridgehead atoms. The van der Waals surface area contributed by atoms with E-state index in [1.165, 1.54) is 0 Å². The summed E-state index contributed by atoms with van der Waals surface area (Å²) in [4.78, 5) is 0. The standard InChI is InChI=1S/C10H23N3O2S/c1-10(2,3)9(11)8-12-16(14)13-4-6-15-7-5-13/h9,12H,4-8,11H2,1-3H3/t9-,16?/m0/s1. The summed E-state index contributed by atoms with van der Waals surface area (Å²) in [7, 11) is 0. The van der Waals surface area contributed by atoms with Crippen LogP contribution in [-0.2, 0) is 16.3 Å². The van der Waals surface area contributed by atoms with Crippen LogP contribution in [0.4, 0.5) is 0 Å². The number of nitrogens with one attached hydrogen (secondary N) is 1. The molecule has 6 heteroatoms. The third kappa shape index (κ3) is 4.57. The van der Waals surface area contributed by atoms with Gasteiger partial charge in [0, 0.05) is 6.04 Å². The van der Waals surface area contributed by atoms with E-state index in [1.54, 1.807) is 0 Å². The average molecular weight is 249 g/mol. The van der Waals surface area contributed by atoms with Gasteiger partial charge in [-0.15, -0.1) is 9.03 Å². The molecule has 96 valence electrons. The number of hydrogen-bond donors (Lipinski definition) is 2. The lowest BCUT2D eigenvalue weighted by Crippen LogP contribution is -2.51. The van der Waals surface area contributed by atoms with Crippen LogP contribution in [-0.4, -0.2) is 47.7 Å². The van der Waals surface area contributed by atoms with Gasteiger partial charge in [-0.3, -0.25) is 0 Å². The molecule has 1 heterocycles.